The molecule has 0 saturated heterocycles. The van der Waals surface area contributed by atoms with Gasteiger partial charge in [-0.15, -0.1) is 0 Å². The molecule has 0 aliphatic heterocycles. The first-order valence-corrected chi connectivity index (χ1v) is 6.70. The van der Waals surface area contributed by atoms with Crippen LogP contribution in [0.2, 0.25) is 0 Å². The highest BCUT2D eigenvalue weighted by Gasteiger charge is 2.24. The minimum atomic E-state index is 0.286. The standard InChI is InChI=1S/C15H23NO/c1-4-12(3)17-15-7-5-6-13(10-15)16-14-8-11(2)9-14/h5-7,10-12,14,16H,4,8-9H2,1-3H3. The molecule has 1 aliphatic rings. The van der Waals surface area contributed by atoms with Crippen molar-refractivity contribution in [1.82, 2.24) is 0 Å². The summed E-state index contributed by atoms with van der Waals surface area (Å²) in [5.74, 6) is 1.85. The molecule has 0 radical (unpaired) electrons. The topological polar surface area (TPSA) is 21.3 Å². The second-order valence-electron chi connectivity index (χ2n) is 5.28. The molecule has 1 saturated carbocycles. The minimum absolute atomic E-state index is 0.286. The highest BCUT2D eigenvalue weighted by Crippen LogP contribution is 2.30. The van der Waals surface area contributed by atoms with Crippen molar-refractivity contribution >= 4 is 5.69 Å². The molecule has 2 heteroatoms. The number of ether oxygens (including phenoxy) is 1. The molecule has 1 N–H and O–H groups in total. The van der Waals surface area contributed by atoms with E-state index in [4.69, 9.17) is 4.74 Å². The van der Waals surface area contributed by atoms with Crippen LogP contribution in [0, 0.1) is 5.92 Å². The van der Waals surface area contributed by atoms with E-state index in [2.05, 4.69) is 44.3 Å². The maximum Gasteiger partial charge on any atom is 0.121 e. The van der Waals surface area contributed by atoms with Gasteiger partial charge in [0.1, 0.15) is 5.75 Å². The zero-order chi connectivity index (χ0) is 12.3. The molecule has 1 unspecified atom stereocenters. The van der Waals surface area contributed by atoms with Crippen LogP contribution in [0.1, 0.15) is 40.0 Å². The number of hydrogen-bond donors (Lipinski definition) is 1. The van der Waals surface area contributed by atoms with E-state index < -0.39 is 0 Å². The lowest BCUT2D eigenvalue weighted by molar-refractivity contribution is 0.217. The number of rotatable bonds is 5. The first-order valence-electron chi connectivity index (χ1n) is 6.70. The number of anilines is 1. The average molecular weight is 233 g/mol. The monoisotopic (exact) mass is 233 g/mol. The predicted molar refractivity (Wildman–Crippen MR) is 72.6 cm³/mol. The highest BCUT2D eigenvalue weighted by molar-refractivity contribution is 5.49. The van der Waals surface area contributed by atoms with Crippen LogP contribution < -0.4 is 10.1 Å². The molecular formula is C15H23NO. The molecule has 0 bridgehead atoms. The number of hydrogen-bond acceptors (Lipinski definition) is 2. The molecule has 17 heavy (non-hydrogen) atoms. The van der Waals surface area contributed by atoms with Crippen LogP contribution in [0.4, 0.5) is 5.69 Å². The molecule has 0 spiro atoms. The Morgan fingerprint density at radius 2 is 2.18 bits per heavy atom. The third-order valence-corrected chi connectivity index (χ3v) is 3.49. The SMILES string of the molecule is CCC(C)Oc1cccc(NC2CC(C)C2)c1. The van der Waals surface area contributed by atoms with E-state index in [9.17, 15) is 0 Å². The third-order valence-electron chi connectivity index (χ3n) is 3.49. The Hall–Kier alpha value is -1.18. The fourth-order valence-electron chi connectivity index (χ4n) is 2.23. The molecule has 94 valence electrons. The van der Waals surface area contributed by atoms with Crippen molar-refractivity contribution in [2.45, 2.75) is 52.2 Å². The molecule has 2 rings (SSSR count). The summed E-state index contributed by atoms with van der Waals surface area (Å²) in [6.07, 6.45) is 3.90. The Balaban J connectivity index is 1.92. The Morgan fingerprint density at radius 3 is 2.82 bits per heavy atom. The van der Waals surface area contributed by atoms with Crippen molar-refractivity contribution < 1.29 is 4.74 Å². The van der Waals surface area contributed by atoms with E-state index in [-0.39, 0.29) is 6.10 Å². The number of benzene rings is 1. The fourth-order valence-corrected chi connectivity index (χ4v) is 2.23. The molecule has 0 aromatic heterocycles. The Morgan fingerprint density at radius 1 is 1.41 bits per heavy atom. The third kappa shape index (κ3) is 3.39. The Bertz CT molecular complexity index is 358. The van der Waals surface area contributed by atoms with Crippen LogP contribution in [0.15, 0.2) is 24.3 Å². The lowest BCUT2D eigenvalue weighted by Gasteiger charge is -2.34. The fraction of sp³-hybridized carbons (Fsp3) is 0.600. The van der Waals surface area contributed by atoms with Crippen molar-refractivity contribution in [2.75, 3.05) is 5.32 Å². The van der Waals surface area contributed by atoms with E-state index in [0.717, 1.165) is 18.1 Å². The van der Waals surface area contributed by atoms with Crippen LogP contribution in [0.3, 0.4) is 0 Å². The van der Waals surface area contributed by atoms with E-state index in [0.29, 0.717) is 6.04 Å². The Kier molecular flexibility index (Phi) is 3.93. The van der Waals surface area contributed by atoms with Crippen molar-refractivity contribution in [3.05, 3.63) is 24.3 Å². The predicted octanol–water partition coefficient (Wildman–Crippen LogP) is 4.07. The van der Waals surface area contributed by atoms with Gasteiger partial charge < -0.3 is 10.1 Å². The maximum atomic E-state index is 5.82. The smallest absolute Gasteiger partial charge is 0.121 e. The molecule has 1 aliphatic carbocycles. The first-order chi connectivity index (χ1) is 8.17. The van der Waals surface area contributed by atoms with Crippen molar-refractivity contribution in [3.63, 3.8) is 0 Å². The summed E-state index contributed by atoms with van der Waals surface area (Å²) in [5.41, 5.74) is 1.18. The van der Waals surface area contributed by atoms with E-state index in [1.807, 2.05) is 6.07 Å². The van der Waals surface area contributed by atoms with Crippen LogP contribution >= 0.6 is 0 Å². The summed E-state index contributed by atoms with van der Waals surface area (Å²) in [4.78, 5) is 0. The molecule has 1 atom stereocenters. The quantitative estimate of drug-likeness (QED) is 0.827. The van der Waals surface area contributed by atoms with Gasteiger partial charge in [-0.2, -0.15) is 0 Å². The van der Waals surface area contributed by atoms with Crippen LogP contribution in [-0.2, 0) is 0 Å². The normalized spacial score (nSPS) is 24.9. The summed E-state index contributed by atoms with van der Waals surface area (Å²) in [6, 6.07) is 8.97. The second-order valence-corrected chi connectivity index (χ2v) is 5.28. The van der Waals surface area contributed by atoms with Gasteiger partial charge in [0.05, 0.1) is 6.10 Å². The van der Waals surface area contributed by atoms with E-state index in [1.54, 1.807) is 0 Å². The van der Waals surface area contributed by atoms with E-state index >= 15 is 0 Å². The second kappa shape index (κ2) is 5.44. The van der Waals surface area contributed by atoms with Crippen molar-refractivity contribution in [1.29, 1.82) is 0 Å². The molecular weight excluding hydrogens is 210 g/mol. The van der Waals surface area contributed by atoms with Gasteiger partial charge in [0, 0.05) is 17.8 Å². The van der Waals surface area contributed by atoms with Crippen LogP contribution in [-0.4, -0.2) is 12.1 Å². The summed E-state index contributed by atoms with van der Waals surface area (Å²) >= 11 is 0. The van der Waals surface area contributed by atoms with Gasteiger partial charge >= 0.3 is 0 Å². The highest BCUT2D eigenvalue weighted by atomic mass is 16.5. The van der Waals surface area contributed by atoms with Crippen molar-refractivity contribution in [3.8, 4) is 5.75 Å². The minimum Gasteiger partial charge on any atom is -0.491 e. The van der Waals surface area contributed by atoms with Crippen molar-refractivity contribution in [2.24, 2.45) is 5.92 Å². The maximum absolute atomic E-state index is 5.82. The summed E-state index contributed by atoms with van der Waals surface area (Å²) in [7, 11) is 0. The first kappa shape index (κ1) is 12.3. The zero-order valence-corrected chi connectivity index (χ0v) is 11.1. The molecule has 0 heterocycles. The lowest BCUT2D eigenvalue weighted by atomic mass is 9.82. The van der Waals surface area contributed by atoms with Gasteiger partial charge in [0.15, 0.2) is 0 Å². The van der Waals surface area contributed by atoms with Crippen LogP contribution in [0.5, 0.6) is 5.75 Å². The molecule has 1 aromatic carbocycles. The van der Waals surface area contributed by atoms with E-state index in [1.165, 1.54) is 18.5 Å². The zero-order valence-electron chi connectivity index (χ0n) is 11.1. The van der Waals surface area contributed by atoms with Gasteiger partial charge in [0.2, 0.25) is 0 Å². The molecule has 1 fully saturated rings. The lowest BCUT2D eigenvalue weighted by Crippen LogP contribution is -2.33. The average Bonchev–Trinajstić information content (AvgIpc) is 2.27. The van der Waals surface area contributed by atoms with Gasteiger partial charge in [-0.05, 0) is 44.2 Å². The van der Waals surface area contributed by atoms with Gasteiger partial charge in [-0.3, -0.25) is 0 Å². The largest absolute Gasteiger partial charge is 0.491 e. The molecule has 2 nitrogen and oxygen atoms in total. The van der Waals surface area contributed by atoms with Gasteiger partial charge in [0.25, 0.3) is 0 Å². The summed E-state index contributed by atoms with van der Waals surface area (Å²) in [6.45, 7) is 6.55. The Labute approximate surface area is 104 Å². The summed E-state index contributed by atoms with van der Waals surface area (Å²) < 4.78 is 5.82. The van der Waals surface area contributed by atoms with Gasteiger partial charge in [-0.25, -0.2) is 0 Å². The van der Waals surface area contributed by atoms with Gasteiger partial charge in [-0.1, -0.05) is 19.9 Å². The van der Waals surface area contributed by atoms with Crippen LogP contribution in [0.25, 0.3) is 0 Å². The summed E-state index contributed by atoms with van der Waals surface area (Å²) in [5, 5.41) is 3.56. The number of nitrogens with one attached hydrogen (secondary N) is 1. The molecule has 1 aromatic rings. The molecule has 0 amide bonds.